The molecule has 1 heterocycles. The summed E-state index contributed by atoms with van der Waals surface area (Å²) in [5.41, 5.74) is -1.47. The maximum Gasteiger partial charge on any atom is 0.337 e. The summed E-state index contributed by atoms with van der Waals surface area (Å²) in [6.45, 7) is 0. The van der Waals surface area contributed by atoms with Crippen LogP contribution in [-0.2, 0) is 29.3 Å². The van der Waals surface area contributed by atoms with Gasteiger partial charge in [-0.05, 0) is 27.6 Å². The fourth-order valence-electron chi connectivity index (χ4n) is 2.35. The summed E-state index contributed by atoms with van der Waals surface area (Å²) in [5.74, 6) is -2.01. The molecule has 23 heavy (non-hydrogen) atoms. The van der Waals surface area contributed by atoms with E-state index in [1.54, 1.807) is 5.38 Å². The molecule has 0 spiro atoms. The number of rotatable bonds is 4. The Bertz CT molecular complexity index is 726. The van der Waals surface area contributed by atoms with Crippen LogP contribution in [0.4, 0.5) is 0 Å². The lowest BCUT2D eigenvalue weighted by Crippen LogP contribution is -2.49. The van der Waals surface area contributed by atoms with Gasteiger partial charge in [-0.15, -0.1) is 11.3 Å². The monoisotopic (exact) mass is 463 g/mol. The van der Waals surface area contributed by atoms with Gasteiger partial charge in [0, 0.05) is 16.9 Å². The minimum absolute atomic E-state index is 0.0724. The number of methoxy groups -OCH3 is 2. The van der Waals surface area contributed by atoms with Gasteiger partial charge < -0.3 is 9.47 Å². The summed E-state index contributed by atoms with van der Waals surface area (Å²) < 4.78 is 9.72. The molecule has 0 bridgehead atoms. The third-order valence-corrected chi connectivity index (χ3v) is 5.43. The number of thiazole rings is 1. The highest BCUT2D eigenvalue weighted by Crippen LogP contribution is 2.45. The van der Waals surface area contributed by atoms with Crippen molar-refractivity contribution in [3.05, 3.63) is 38.3 Å². The number of Topliss-reactive ketones (excluding diaryl/α,β-unsaturated/α-hetero) is 1. The zero-order chi connectivity index (χ0) is 17.2. The van der Waals surface area contributed by atoms with Gasteiger partial charge in [-0.1, -0.05) is 15.9 Å². The number of halogens is 2. The molecule has 1 aliphatic carbocycles. The smallest absolute Gasteiger partial charge is 0.337 e. The predicted octanol–water partition coefficient (Wildman–Crippen LogP) is 2.28. The highest BCUT2D eigenvalue weighted by molar-refractivity contribution is 9.12. The number of carbonyl (C=O) groups is 3. The summed E-state index contributed by atoms with van der Waals surface area (Å²) in [6, 6.07) is 0. The minimum Gasteiger partial charge on any atom is -0.468 e. The molecule has 0 aliphatic heterocycles. The van der Waals surface area contributed by atoms with Crippen LogP contribution < -0.4 is 0 Å². The Balaban J connectivity index is 2.89. The number of esters is 2. The molecule has 1 atom stereocenters. The van der Waals surface area contributed by atoms with E-state index >= 15 is 0 Å². The molecular formula is C14H11Br2NO5S. The first kappa shape index (κ1) is 18.0. The van der Waals surface area contributed by atoms with Gasteiger partial charge >= 0.3 is 11.9 Å². The second-order valence-corrected chi connectivity index (χ2v) is 6.73. The minimum atomic E-state index is -1.82. The number of ether oxygens (including phenoxy) is 2. The molecule has 1 aliphatic rings. The number of hydrogen-bond donors (Lipinski definition) is 0. The van der Waals surface area contributed by atoms with Crippen molar-refractivity contribution < 1.29 is 23.9 Å². The van der Waals surface area contributed by atoms with Gasteiger partial charge in [0.1, 0.15) is 5.01 Å². The van der Waals surface area contributed by atoms with E-state index in [2.05, 4.69) is 36.8 Å². The zero-order valence-electron chi connectivity index (χ0n) is 12.1. The van der Waals surface area contributed by atoms with Gasteiger partial charge in [0.05, 0.1) is 24.3 Å². The fourth-order valence-corrected chi connectivity index (χ4v) is 4.45. The molecule has 0 fully saturated rings. The lowest BCUT2D eigenvalue weighted by Gasteiger charge is -2.33. The normalized spacial score (nSPS) is 21.0. The molecule has 0 aromatic carbocycles. The van der Waals surface area contributed by atoms with Crippen molar-refractivity contribution in [1.82, 2.24) is 4.98 Å². The Morgan fingerprint density at radius 1 is 1.35 bits per heavy atom. The quantitative estimate of drug-likeness (QED) is 0.386. The summed E-state index contributed by atoms with van der Waals surface area (Å²) in [4.78, 5) is 41.8. The second kappa shape index (κ2) is 7.06. The maximum absolute atomic E-state index is 12.9. The number of allylic oxidation sites excluding steroid dienone is 1. The molecule has 0 amide bonds. The van der Waals surface area contributed by atoms with Crippen molar-refractivity contribution in [3.8, 4) is 0 Å². The summed E-state index contributed by atoms with van der Waals surface area (Å²) >= 11 is 7.52. The Labute approximate surface area is 152 Å². The lowest BCUT2D eigenvalue weighted by atomic mass is 9.72. The van der Waals surface area contributed by atoms with Crippen LogP contribution >= 0.6 is 43.2 Å². The Kier molecular flexibility index (Phi) is 5.53. The Morgan fingerprint density at radius 3 is 2.52 bits per heavy atom. The zero-order valence-corrected chi connectivity index (χ0v) is 16.1. The molecule has 2 rings (SSSR count). The third kappa shape index (κ3) is 2.70. The number of carbonyl (C=O) groups excluding carboxylic acids is 3. The predicted molar refractivity (Wildman–Crippen MR) is 90.7 cm³/mol. The maximum atomic E-state index is 12.9. The van der Waals surface area contributed by atoms with Gasteiger partial charge in [0.2, 0.25) is 5.41 Å². The van der Waals surface area contributed by atoms with Crippen molar-refractivity contribution >= 4 is 60.9 Å². The molecule has 0 saturated carbocycles. The van der Waals surface area contributed by atoms with Crippen molar-refractivity contribution in [3.63, 3.8) is 0 Å². The number of alkyl halides is 1. The van der Waals surface area contributed by atoms with E-state index in [9.17, 15) is 14.4 Å². The average molecular weight is 465 g/mol. The van der Waals surface area contributed by atoms with Crippen molar-refractivity contribution in [1.29, 1.82) is 0 Å². The molecule has 0 N–H and O–H groups in total. The van der Waals surface area contributed by atoms with E-state index in [-0.39, 0.29) is 26.0 Å². The van der Waals surface area contributed by atoms with Crippen LogP contribution in [0, 0.1) is 0 Å². The molecule has 1 unspecified atom stereocenters. The van der Waals surface area contributed by atoms with Crippen molar-refractivity contribution in [2.75, 3.05) is 19.5 Å². The molecule has 9 heteroatoms. The molecule has 0 radical (unpaired) electrons. The first-order valence-corrected chi connectivity index (χ1v) is 9.02. The number of hydrogen-bond acceptors (Lipinski definition) is 7. The summed E-state index contributed by atoms with van der Waals surface area (Å²) in [7, 11) is 2.41. The molecule has 1 aromatic heterocycles. The van der Waals surface area contributed by atoms with Crippen LogP contribution in [0.5, 0.6) is 0 Å². The first-order valence-electron chi connectivity index (χ1n) is 6.23. The summed E-state index contributed by atoms with van der Waals surface area (Å²) in [5, 5.41) is 1.97. The van der Waals surface area contributed by atoms with E-state index in [0.29, 0.717) is 0 Å². The number of aromatic nitrogens is 1. The van der Waals surface area contributed by atoms with Crippen LogP contribution in [0.15, 0.2) is 33.3 Å². The van der Waals surface area contributed by atoms with Crippen molar-refractivity contribution in [2.45, 2.75) is 5.41 Å². The third-order valence-electron chi connectivity index (χ3n) is 3.39. The highest BCUT2D eigenvalue weighted by atomic mass is 79.9. The van der Waals surface area contributed by atoms with Gasteiger partial charge in [-0.3, -0.25) is 9.59 Å². The van der Waals surface area contributed by atoms with E-state index in [4.69, 9.17) is 9.47 Å². The van der Waals surface area contributed by atoms with Gasteiger partial charge in [-0.25, -0.2) is 9.78 Å². The van der Waals surface area contributed by atoms with Crippen LogP contribution in [0.2, 0.25) is 0 Å². The Morgan fingerprint density at radius 2 is 2.04 bits per heavy atom. The SMILES string of the molecule is COC(=O)C1=C(CBr)C(C(=O)OC)(c2nccs2)C(=O)C(Br)=C1. The average Bonchev–Trinajstić information content (AvgIpc) is 3.09. The number of nitrogens with zero attached hydrogens (tertiary/aromatic N) is 1. The highest BCUT2D eigenvalue weighted by Gasteiger charge is 2.57. The first-order chi connectivity index (χ1) is 10.9. The van der Waals surface area contributed by atoms with E-state index in [1.165, 1.54) is 26.5 Å². The van der Waals surface area contributed by atoms with Crippen molar-refractivity contribution in [2.24, 2.45) is 0 Å². The molecule has 0 saturated heterocycles. The Hall–Kier alpha value is -1.32. The molecule has 1 aromatic rings. The largest absolute Gasteiger partial charge is 0.468 e. The lowest BCUT2D eigenvalue weighted by molar-refractivity contribution is -0.149. The molecule has 6 nitrogen and oxygen atoms in total. The van der Waals surface area contributed by atoms with Crippen LogP contribution in [-0.4, -0.2) is 42.3 Å². The summed E-state index contributed by atoms with van der Waals surface area (Å²) in [6.07, 6.45) is 2.83. The fraction of sp³-hybridized carbons (Fsp3) is 0.286. The van der Waals surface area contributed by atoms with E-state index in [0.717, 1.165) is 11.3 Å². The standard InChI is InChI=1S/C14H11Br2NO5S/c1-21-11(19)7-5-9(16)10(18)14(8(7)6-15,13(20)22-2)12-17-3-4-23-12/h3-5H,6H2,1-2H3. The second-order valence-electron chi connectivity index (χ2n) is 4.42. The van der Waals surface area contributed by atoms with Crippen LogP contribution in [0.25, 0.3) is 0 Å². The van der Waals surface area contributed by atoms with Crippen LogP contribution in [0.3, 0.4) is 0 Å². The van der Waals surface area contributed by atoms with E-state index < -0.39 is 23.1 Å². The molecule has 122 valence electrons. The van der Waals surface area contributed by atoms with E-state index in [1.807, 2.05) is 0 Å². The van der Waals surface area contributed by atoms with Gasteiger partial charge in [0.15, 0.2) is 5.78 Å². The van der Waals surface area contributed by atoms with Gasteiger partial charge in [-0.2, -0.15) is 0 Å². The van der Waals surface area contributed by atoms with Crippen LogP contribution in [0.1, 0.15) is 5.01 Å². The van der Waals surface area contributed by atoms with Gasteiger partial charge in [0.25, 0.3) is 0 Å². The number of ketones is 1. The topological polar surface area (TPSA) is 82.6 Å². The molecular weight excluding hydrogens is 454 g/mol.